The molecule has 1 heterocycles. The second kappa shape index (κ2) is 4.40. The highest BCUT2D eigenvalue weighted by Crippen LogP contribution is 2.27. The summed E-state index contributed by atoms with van der Waals surface area (Å²) >= 11 is 0. The van der Waals surface area contributed by atoms with Gasteiger partial charge in [0.15, 0.2) is 0 Å². The van der Waals surface area contributed by atoms with Crippen LogP contribution in [0.4, 0.5) is 0 Å². The van der Waals surface area contributed by atoms with Gasteiger partial charge in [-0.1, -0.05) is 19.9 Å². The third-order valence-electron chi connectivity index (χ3n) is 3.16. The quantitative estimate of drug-likeness (QED) is 0.830. The first-order valence-electron chi connectivity index (χ1n) is 5.79. The molecule has 0 amide bonds. The summed E-state index contributed by atoms with van der Waals surface area (Å²) in [6.07, 6.45) is 0.722. The zero-order valence-electron chi connectivity index (χ0n) is 10.2. The Bertz CT molecular complexity index is 536. The molecule has 0 aromatic heterocycles. The molecule has 0 unspecified atom stereocenters. The Morgan fingerprint density at radius 1 is 1.35 bits per heavy atom. The summed E-state index contributed by atoms with van der Waals surface area (Å²) in [6.45, 7) is 5.62. The smallest absolute Gasteiger partial charge is 0.238 e. The standard InChI is InChI=1S/C12H18N2O2S/c1-8(2)9-5-10-7-14-4-3-11(10)12(6-9)17(13,15)16/h5-6,8,14H,3-4,7H2,1-2H3,(H2,13,15,16). The number of primary sulfonamides is 1. The fourth-order valence-corrected chi connectivity index (χ4v) is 3.07. The molecule has 0 aliphatic carbocycles. The minimum Gasteiger partial charge on any atom is -0.312 e. The van der Waals surface area contributed by atoms with Crippen molar-refractivity contribution in [3.05, 3.63) is 28.8 Å². The fourth-order valence-electron chi connectivity index (χ4n) is 2.19. The van der Waals surface area contributed by atoms with E-state index in [1.807, 2.05) is 13.8 Å². The molecule has 0 fully saturated rings. The minimum atomic E-state index is -3.63. The van der Waals surface area contributed by atoms with Gasteiger partial charge in [0.2, 0.25) is 10.0 Å². The summed E-state index contributed by atoms with van der Waals surface area (Å²) in [4.78, 5) is 0.306. The van der Waals surface area contributed by atoms with E-state index in [4.69, 9.17) is 5.14 Å². The van der Waals surface area contributed by atoms with Gasteiger partial charge in [0.05, 0.1) is 4.90 Å². The largest absolute Gasteiger partial charge is 0.312 e. The van der Waals surface area contributed by atoms with E-state index in [1.165, 1.54) is 0 Å². The van der Waals surface area contributed by atoms with Crippen molar-refractivity contribution in [3.63, 3.8) is 0 Å². The highest BCUT2D eigenvalue weighted by atomic mass is 32.2. The molecule has 4 nitrogen and oxygen atoms in total. The molecule has 1 aromatic carbocycles. The van der Waals surface area contributed by atoms with E-state index in [1.54, 1.807) is 6.07 Å². The fraction of sp³-hybridized carbons (Fsp3) is 0.500. The van der Waals surface area contributed by atoms with Gasteiger partial charge in [-0.05, 0) is 41.6 Å². The van der Waals surface area contributed by atoms with Crippen molar-refractivity contribution in [2.75, 3.05) is 6.54 Å². The average molecular weight is 254 g/mol. The Hall–Kier alpha value is -0.910. The Balaban J connectivity index is 2.67. The highest BCUT2D eigenvalue weighted by molar-refractivity contribution is 7.89. The lowest BCUT2D eigenvalue weighted by molar-refractivity contribution is 0.589. The zero-order valence-corrected chi connectivity index (χ0v) is 11.0. The van der Waals surface area contributed by atoms with Crippen molar-refractivity contribution in [1.29, 1.82) is 0 Å². The number of fused-ring (bicyclic) bond motifs is 1. The van der Waals surface area contributed by atoms with Gasteiger partial charge in [-0.25, -0.2) is 13.6 Å². The van der Waals surface area contributed by atoms with Crippen molar-refractivity contribution in [2.24, 2.45) is 5.14 Å². The Kier molecular flexibility index (Phi) is 3.25. The normalized spacial score (nSPS) is 16.0. The van der Waals surface area contributed by atoms with E-state index in [0.29, 0.717) is 10.8 Å². The number of sulfonamides is 1. The van der Waals surface area contributed by atoms with E-state index in [0.717, 1.165) is 36.2 Å². The van der Waals surface area contributed by atoms with Crippen LogP contribution in [0.15, 0.2) is 17.0 Å². The van der Waals surface area contributed by atoms with E-state index < -0.39 is 10.0 Å². The van der Waals surface area contributed by atoms with Gasteiger partial charge >= 0.3 is 0 Å². The van der Waals surface area contributed by atoms with Gasteiger partial charge < -0.3 is 5.32 Å². The van der Waals surface area contributed by atoms with Gasteiger partial charge in [0.1, 0.15) is 0 Å². The molecule has 0 bridgehead atoms. The summed E-state index contributed by atoms with van der Waals surface area (Å²) in [7, 11) is -3.63. The molecule has 0 saturated carbocycles. The lowest BCUT2D eigenvalue weighted by Gasteiger charge is -2.22. The SMILES string of the molecule is CC(C)c1cc2c(c(S(N)(=O)=O)c1)CCNC2. The maximum absolute atomic E-state index is 11.6. The van der Waals surface area contributed by atoms with Gasteiger partial charge in [-0.15, -0.1) is 0 Å². The van der Waals surface area contributed by atoms with Crippen LogP contribution in [0.1, 0.15) is 36.5 Å². The zero-order chi connectivity index (χ0) is 12.6. The number of rotatable bonds is 2. The van der Waals surface area contributed by atoms with Crippen LogP contribution < -0.4 is 10.5 Å². The predicted molar refractivity (Wildman–Crippen MR) is 67.3 cm³/mol. The molecule has 0 atom stereocenters. The summed E-state index contributed by atoms with van der Waals surface area (Å²) < 4.78 is 23.3. The molecule has 5 heteroatoms. The third-order valence-corrected chi connectivity index (χ3v) is 4.14. The first-order valence-corrected chi connectivity index (χ1v) is 7.33. The molecule has 0 spiro atoms. The van der Waals surface area contributed by atoms with E-state index >= 15 is 0 Å². The summed E-state index contributed by atoms with van der Waals surface area (Å²) in [6, 6.07) is 3.81. The van der Waals surface area contributed by atoms with Crippen molar-refractivity contribution >= 4 is 10.0 Å². The molecule has 0 radical (unpaired) electrons. The molecule has 1 aliphatic rings. The molecule has 17 heavy (non-hydrogen) atoms. The van der Waals surface area contributed by atoms with Crippen LogP contribution in [-0.4, -0.2) is 15.0 Å². The van der Waals surface area contributed by atoms with Crippen molar-refractivity contribution < 1.29 is 8.42 Å². The van der Waals surface area contributed by atoms with Crippen LogP contribution in [0.5, 0.6) is 0 Å². The van der Waals surface area contributed by atoms with Crippen LogP contribution in [0.2, 0.25) is 0 Å². The Morgan fingerprint density at radius 2 is 2.06 bits per heavy atom. The molecular weight excluding hydrogens is 236 g/mol. The number of nitrogens with two attached hydrogens (primary N) is 1. The second-order valence-corrected chi connectivity index (χ2v) is 6.31. The Morgan fingerprint density at radius 3 is 2.65 bits per heavy atom. The second-order valence-electron chi connectivity index (χ2n) is 4.78. The van der Waals surface area contributed by atoms with Crippen LogP contribution in [0.3, 0.4) is 0 Å². The van der Waals surface area contributed by atoms with E-state index in [2.05, 4.69) is 11.4 Å². The topological polar surface area (TPSA) is 72.2 Å². The van der Waals surface area contributed by atoms with E-state index in [9.17, 15) is 8.42 Å². The molecular formula is C12H18N2O2S. The first kappa shape index (κ1) is 12.5. The molecule has 1 aromatic rings. The summed E-state index contributed by atoms with van der Waals surface area (Å²) in [5.74, 6) is 0.294. The average Bonchev–Trinajstić information content (AvgIpc) is 2.26. The maximum atomic E-state index is 11.6. The molecule has 2 rings (SSSR count). The van der Waals surface area contributed by atoms with Gasteiger partial charge in [0.25, 0.3) is 0 Å². The first-order chi connectivity index (χ1) is 7.89. The summed E-state index contributed by atoms with van der Waals surface area (Å²) in [5.41, 5.74) is 2.97. The molecule has 1 aliphatic heterocycles. The number of hydrogen-bond acceptors (Lipinski definition) is 3. The summed E-state index contributed by atoms with van der Waals surface area (Å²) in [5, 5.41) is 8.55. The minimum absolute atomic E-state index is 0.294. The van der Waals surface area contributed by atoms with Crippen molar-refractivity contribution in [1.82, 2.24) is 5.32 Å². The van der Waals surface area contributed by atoms with Gasteiger partial charge in [-0.2, -0.15) is 0 Å². The number of benzene rings is 1. The molecule has 94 valence electrons. The monoisotopic (exact) mass is 254 g/mol. The van der Waals surface area contributed by atoms with Crippen LogP contribution in [0.25, 0.3) is 0 Å². The molecule has 3 N–H and O–H groups in total. The van der Waals surface area contributed by atoms with Crippen molar-refractivity contribution in [3.8, 4) is 0 Å². The lowest BCUT2D eigenvalue weighted by Crippen LogP contribution is -2.27. The Labute approximate surface area is 102 Å². The third kappa shape index (κ3) is 2.51. The van der Waals surface area contributed by atoms with Crippen molar-refractivity contribution in [2.45, 2.75) is 37.6 Å². The highest BCUT2D eigenvalue weighted by Gasteiger charge is 2.21. The molecule has 0 saturated heterocycles. The number of nitrogens with one attached hydrogen (secondary N) is 1. The maximum Gasteiger partial charge on any atom is 0.238 e. The lowest BCUT2D eigenvalue weighted by atomic mass is 9.94. The number of hydrogen-bond donors (Lipinski definition) is 2. The van der Waals surface area contributed by atoms with E-state index in [-0.39, 0.29) is 0 Å². The van der Waals surface area contributed by atoms with Crippen LogP contribution in [0, 0.1) is 0 Å². The van der Waals surface area contributed by atoms with Crippen LogP contribution in [-0.2, 0) is 23.0 Å². The van der Waals surface area contributed by atoms with Gasteiger partial charge in [-0.3, -0.25) is 0 Å². The van der Waals surface area contributed by atoms with Crippen LogP contribution >= 0.6 is 0 Å². The van der Waals surface area contributed by atoms with Gasteiger partial charge in [0, 0.05) is 6.54 Å². The predicted octanol–water partition coefficient (Wildman–Crippen LogP) is 1.10.